The Balaban J connectivity index is 1.35. The lowest BCUT2D eigenvalue weighted by atomic mass is 9.96. The van der Waals surface area contributed by atoms with Gasteiger partial charge >= 0.3 is 0 Å². The minimum atomic E-state index is -0.787. The van der Waals surface area contributed by atoms with Gasteiger partial charge in [0.2, 0.25) is 0 Å². The largest absolute Gasteiger partial charge is 0.361 e. The molecule has 1 aromatic heterocycles. The van der Waals surface area contributed by atoms with Crippen molar-refractivity contribution in [1.29, 1.82) is 0 Å². The molecule has 3 aliphatic heterocycles. The maximum atomic E-state index is 13.3. The number of aryl methyl sites for hydroxylation is 1. The fraction of sp³-hybridized carbons (Fsp3) is 0.500. The fourth-order valence-corrected chi connectivity index (χ4v) is 4.97. The zero-order chi connectivity index (χ0) is 20.2. The van der Waals surface area contributed by atoms with E-state index in [1.807, 2.05) is 60.3 Å². The van der Waals surface area contributed by atoms with Crippen LogP contribution in [0.2, 0.25) is 0 Å². The number of hydrogen-bond acceptors (Lipinski definition) is 4. The van der Waals surface area contributed by atoms with Crippen molar-refractivity contribution < 1.29 is 14.3 Å². The number of hydrogen-bond donors (Lipinski definition) is 0. The molecule has 2 bridgehead atoms. The van der Waals surface area contributed by atoms with E-state index in [-0.39, 0.29) is 23.9 Å². The molecule has 3 unspecified atom stereocenters. The Kier molecular flexibility index (Phi) is 4.24. The van der Waals surface area contributed by atoms with E-state index in [1.54, 1.807) is 4.68 Å². The fourth-order valence-electron chi connectivity index (χ4n) is 4.97. The molecule has 2 amide bonds. The van der Waals surface area contributed by atoms with Crippen LogP contribution in [-0.4, -0.2) is 68.8 Å². The standard InChI is InChI=1S/C22H26N4O3/c1-22(9-3-4-10-29-22)21(28)25-13-17-7-8-18(14-25)26(17)20(27)15-5-6-16-12-24(2)23-19(16)11-15/h3-6,11-12,17-18H,7-10,13-14H2,1-2H3. The number of nitrogens with zero attached hydrogens (tertiary/aromatic N) is 4. The molecule has 0 radical (unpaired) electrons. The summed E-state index contributed by atoms with van der Waals surface area (Å²) in [4.78, 5) is 30.4. The molecule has 4 heterocycles. The molecule has 7 heteroatoms. The molecule has 0 N–H and O–H groups in total. The highest BCUT2D eigenvalue weighted by Gasteiger charge is 2.47. The highest BCUT2D eigenvalue weighted by Crippen LogP contribution is 2.34. The minimum absolute atomic E-state index is 0.0419. The summed E-state index contributed by atoms with van der Waals surface area (Å²) >= 11 is 0. The molecule has 0 spiro atoms. The third-order valence-electron chi connectivity index (χ3n) is 6.50. The number of piperazine rings is 1. The van der Waals surface area contributed by atoms with Crippen LogP contribution in [0, 0.1) is 0 Å². The van der Waals surface area contributed by atoms with Gasteiger partial charge in [-0.05, 0) is 31.9 Å². The van der Waals surface area contributed by atoms with E-state index in [9.17, 15) is 9.59 Å². The second-order valence-corrected chi connectivity index (χ2v) is 8.60. The Hall–Kier alpha value is -2.67. The number of carbonyl (C=O) groups is 2. The van der Waals surface area contributed by atoms with E-state index in [2.05, 4.69) is 5.10 Å². The molecule has 0 aliphatic carbocycles. The molecule has 0 saturated carbocycles. The van der Waals surface area contributed by atoms with Gasteiger partial charge in [-0.1, -0.05) is 18.2 Å². The van der Waals surface area contributed by atoms with Gasteiger partial charge in [-0.25, -0.2) is 0 Å². The Morgan fingerprint density at radius 1 is 1.17 bits per heavy atom. The third-order valence-corrected chi connectivity index (χ3v) is 6.50. The third kappa shape index (κ3) is 3.04. The van der Waals surface area contributed by atoms with Crippen LogP contribution in [0.25, 0.3) is 10.9 Å². The Bertz CT molecular complexity index is 999. The van der Waals surface area contributed by atoms with Crippen LogP contribution in [0.1, 0.15) is 36.5 Å². The van der Waals surface area contributed by atoms with Crippen molar-refractivity contribution in [3.05, 3.63) is 42.1 Å². The maximum absolute atomic E-state index is 13.3. The van der Waals surface area contributed by atoms with Crippen LogP contribution in [0.5, 0.6) is 0 Å². The lowest BCUT2D eigenvalue weighted by Gasteiger charge is -2.44. The summed E-state index contributed by atoms with van der Waals surface area (Å²) in [5.41, 5.74) is 0.709. The molecule has 5 rings (SSSR count). The second-order valence-electron chi connectivity index (χ2n) is 8.60. The maximum Gasteiger partial charge on any atom is 0.255 e. The number of amides is 2. The lowest BCUT2D eigenvalue weighted by Crippen LogP contribution is -2.61. The van der Waals surface area contributed by atoms with Crippen LogP contribution in [0.15, 0.2) is 36.5 Å². The SMILES string of the molecule is Cn1cc2ccc(C(=O)N3C4CCC3CN(C(=O)C3(C)CC=CCO3)C4)cc2n1. The first-order valence-corrected chi connectivity index (χ1v) is 10.3. The molecule has 29 heavy (non-hydrogen) atoms. The van der Waals surface area contributed by atoms with Crippen LogP contribution >= 0.6 is 0 Å². The predicted octanol–water partition coefficient (Wildman–Crippen LogP) is 2.12. The van der Waals surface area contributed by atoms with Gasteiger partial charge in [0.05, 0.1) is 24.2 Å². The van der Waals surface area contributed by atoms with Crippen LogP contribution in [0.4, 0.5) is 0 Å². The Morgan fingerprint density at radius 2 is 1.93 bits per heavy atom. The second kappa shape index (κ2) is 6.69. The van der Waals surface area contributed by atoms with E-state index < -0.39 is 5.60 Å². The van der Waals surface area contributed by atoms with Crippen molar-refractivity contribution in [3.63, 3.8) is 0 Å². The minimum Gasteiger partial charge on any atom is -0.361 e. The zero-order valence-electron chi connectivity index (χ0n) is 16.9. The molecule has 1 aromatic carbocycles. The topological polar surface area (TPSA) is 67.7 Å². The highest BCUT2D eigenvalue weighted by molar-refractivity contribution is 5.98. The number of fused-ring (bicyclic) bond motifs is 3. The molecular weight excluding hydrogens is 368 g/mol. The van der Waals surface area contributed by atoms with Crippen LogP contribution in [0.3, 0.4) is 0 Å². The zero-order valence-corrected chi connectivity index (χ0v) is 16.9. The van der Waals surface area contributed by atoms with Gasteiger partial charge in [-0.2, -0.15) is 5.10 Å². The first kappa shape index (κ1) is 18.4. The summed E-state index contributed by atoms with van der Waals surface area (Å²) < 4.78 is 7.55. The number of likely N-dealkylation sites (tertiary alicyclic amines) is 1. The first-order valence-electron chi connectivity index (χ1n) is 10.3. The number of ether oxygens (including phenoxy) is 1. The lowest BCUT2D eigenvalue weighted by molar-refractivity contribution is -0.158. The summed E-state index contributed by atoms with van der Waals surface area (Å²) in [5, 5.41) is 5.45. The molecular formula is C22H26N4O3. The molecule has 2 saturated heterocycles. The first-order chi connectivity index (χ1) is 13.9. The van der Waals surface area contributed by atoms with E-state index in [1.165, 1.54) is 0 Å². The number of carbonyl (C=O) groups excluding carboxylic acids is 2. The Labute approximate surface area is 169 Å². The van der Waals surface area contributed by atoms with Crippen molar-refractivity contribution in [1.82, 2.24) is 19.6 Å². The van der Waals surface area contributed by atoms with E-state index in [4.69, 9.17) is 4.74 Å². The van der Waals surface area contributed by atoms with Gasteiger partial charge < -0.3 is 14.5 Å². The van der Waals surface area contributed by atoms with Gasteiger partial charge in [0.1, 0.15) is 5.60 Å². The molecule has 2 aromatic rings. The van der Waals surface area contributed by atoms with Crippen molar-refractivity contribution in [2.24, 2.45) is 7.05 Å². The summed E-state index contributed by atoms with van der Waals surface area (Å²) in [7, 11) is 1.88. The molecule has 3 aliphatic rings. The smallest absolute Gasteiger partial charge is 0.255 e. The highest BCUT2D eigenvalue weighted by atomic mass is 16.5. The van der Waals surface area contributed by atoms with Crippen LogP contribution in [-0.2, 0) is 16.6 Å². The van der Waals surface area contributed by atoms with Crippen molar-refractivity contribution in [2.75, 3.05) is 19.7 Å². The molecule has 2 fully saturated rings. The van der Waals surface area contributed by atoms with Gasteiger partial charge in [0.25, 0.3) is 11.8 Å². The van der Waals surface area contributed by atoms with E-state index >= 15 is 0 Å². The van der Waals surface area contributed by atoms with Gasteiger partial charge in [0, 0.05) is 43.7 Å². The average molecular weight is 394 g/mol. The van der Waals surface area contributed by atoms with Crippen molar-refractivity contribution >= 4 is 22.7 Å². The molecule has 3 atom stereocenters. The number of rotatable bonds is 2. The van der Waals surface area contributed by atoms with E-state index in [0.29, 0.717) is 31.7 Å². The predicted molar refractivity (Wildman–Crippen MR) is 108 cm³/mol. The van der Waals surface area contributed by atoms with Crippen molar-refractivity contribution in [2.45, 2.75) is 43.9 Å². The summed E-state index contributed by atoms with van der Waals surface area (Å²) in [6.07, 6.45) is 8.38. The van der Waals surface area contributed by atoms with E-state index in [0.717, 1.165) is 23.7 Å². The van der Waals surface area contributed by atoms with Gasteiger partial charge in [-0.15, -0.1) is 0 Å². The Morgan fingerprint density at radius 3 is 2.62 bits per heavy atom. The van der Waals surface area contributed by atoms with Gasteiger partial charge in [-0.3, -0.25) is 14.3 Å². The number of aromatic nitrogens is 2. The quantitative estimate of drug-likeness (QED) is 0.732. The molecule has 7 nitrogen and oxygen atoms in total. The molecule has 152 valence electrons. The summed E-state index contributed by atoms with van der Waals surface area (Å²) in [6, 6.07) is 5.83. The van der Waals surface area contributed by atoms with Gasteiger partial charge in [0.15, 0.2) is 0 Å². The summed E-state index contributed by atoms with van der Waals surface area (Å²) in [5.74, 6) is 0.0842. The van der Waals surface area contributed by atoms with Crippen LogP contribution < -0.4 is 0 Å². The normalized spacial score (nSPS) is 28.9. The van der Waals surface area contributed by atoms with Crippen molar-refractivity contribution in [3.8, 4) is 0 Å². The summed E-state index contributed by atoms with van der Waals surface area (Å²) in [6.45, 7) is 3.51. The monoisotopic (exact) mass is 394 g/mol. The average Bonchev–Trinajstić information content (AvgIpc) is 3.22. The number of benzene rings is 1.